The molecular weight excluding hydrogens is 192 g/mol. The average Bonchev–Trinajstić information content (AvgIpc) is 2.98. The number of hydrogen-bond donors (Lipinski definition) is 0. The van der Waals surface area contributed by atoms with Crippen LogP contribution in [0.1, 0.15) is 48.2 Å². The minimum Gasteiger partial charge on any atom is -0.477 e. The molecule has 1 aliphatic carbocycles. The second-order valence-electron chi connectivity index (χ2n) is 4.32. The smallest absolute Gasteiger partial charge is 0.223 e. The number of fused-ring (bicyclic) bond motifs is 1. The van der Waals surface area contributed by atoms with E-state index in [-0.39, 0.29) is 5.78 Å². The predicted molar refractivity (Wildman–Crippen MR) is 54.3 cm³/mol. The summed E-state index contributed by atoms with van der Waals surface area (Å²) in [6, 6.07) is 0. The Morgan fingerprint density at radius 1 is 1.53 bits per heavy atom. The number of nitrogens with zero attached hydrogens (tertiary/aromatic N) is 2. The monoisotopic (exact) mass is 206 g/mol. The molecule has 2 heterocycles. The highest BCUT2D eigenvalue weighted by molar-refractivity contribution is 5.97. The van der Waals surface area contributed by atoms with E-state index >= 15 is 0 Å². The lowest BCUT2D eigenvalue weighted by atomic mass is 10.1. The first kappa shape index (κ1) is 8.95. The van der Waals surface area contributed by atoms with Crippen LogP contribution in [0.25, 0.3) is 0 Å². The summed E-state index contributed by atoms with van der Waals surface area (Å²) < 4.78 is 7.41. The maximum atomic E-state index is 11.6. The molecule has 0 bridgehead atoms. The van der Waals surface area contributed by atoms with Crippen LogP contribution in [0.2, 0.25) is 0 Å². The standard InChI is InChI=1S/C11H14N2O2/c1-7(14)9-10(8-3-4-8)12-13-5-2-6-15-11(9)13/h8H,2-6H2,1H3. The molecule has 0 amide bonds. The number of hydrogen-bond acceptors (Lipinski definition) is 3. The van der Waals surface area contributed by atoms with Crippen LogP contribution in [-0.4, -0.2) is 22.2 Å². The molecular formula is C11H14N2O2. The van der Waals surface area contributed by atoms with E-state index in [9.17, 15) is 4.79 Å². The minimum atomic E-state index is 0.0834. The number of carbonyl (C=O) groups is 1. The van der Waals surface area contributed by atoms with Crippen LogP contribution in [0, 0.1) is 0 Å². The third-order valence-electron chi connectivity index (χ3n) is 3.00. The highest BCUT2D eigenvalue weighted by atomic mass is 16.5. The fraction of sp³-hybridized carbons (Fsp3) is 0.636. The Kier molecular flexibility index (Phi) is 1.84. The molecule has 0 spiro atoms. The van der Waals surface area contributed by atoms with Crippen molar-refractivity contribution in [2.24, 2.45) is 0 Å². The van der Waals surface area contributed by atoms with Crippen LogP contribution in [0.15, 0.2) is 0 Å². The molecule has 0 unspecified atom stereocenters. The Hall–Kier alpha value is -1.32. The first-order valence-corrected chi connectivity index (χ1v) is 5.52. The molecule has 1 aromatic heterocycles. The van der Waals surface area contributed by atoms with Crippen LogP contribution in [0.5, 0.6) is 5.88 Å². The second-order valence-corrected chi connectivity index (χ2v) is 4.32. The van der Waals surface area contributed by atoms with Gasteiger partial charge in [-0.2, -0.15) is 5.10 Å². The van der Waals surface area contributed by atoms with Gasteiger partial charge in [0.25, 0.3) is 0 Å². The van der Waals surface area contributed by atoms with Gasteiger partial charge >= 0.3 is 0 Å². The van der Waals surface area contributed by atoms with Gasteiger partial charge in [0.1, 0.15) is 5.56 Å². The lowest BCUT2D eigenvalue weighted by molar-refractivity contribution is 0.101. The van der Waals surface area contributed by atoms with E-state index in [2.05, 4.69) is 5.10 Å². The van der Waals surface area contributed by atoms with Crippen molar-refractivity contribution in [3.63, 3.8) is 0 Å². The van der Waals surface area contributed by atoms with E-state index in [1.165, 1.54) is 0 Å². The molecule has 0 radical (unpaired) electrons. The van der Waals surface area contributed by atoms with Crippen molar-refractivity contribution in [3.05, 3.63) is 11.3 Å². The number of ether oxygens (including phenoxy) is 1. The largest absolute Gasteiger partial charge is 0.477 e. The quantitative estimate of drug-likeness (QED) is 0.692. The molecule has 0 aromatic carbocycles. The van der Waals surface area contributed by atoms with Gasteiger partial charge in [-0.15, -0.1) is 0 Å². The lowest BCUT2D eigenvalue weighted by Gasteiger charge is -2.15. The Labute approximate surface area is 88.2 Å². The summed E-state index contributed by atoms with van der Waals surface area (Å²) in [4.78, 5) is 11.6. The first-order valence-electron chi connectivity index (χ1n) is 5.52. The molecule has 1 aliphatic heterocycles. The van der Waals surface area contributed by atoms with Gasteiger partial charge in [-0.1, -0.05) is 0 Å². The fourth-order valence-corrected chi connectivity index (χ4v) is 2.12. The number of aryl methyl sites for hydroxylation is 1. The van der Waals surface area contributed by atoms with Gasteiger partial charge in [-0.3, -0.25) is 4.79 Å². The maximum Gasteiger partial charge on any atom is 0.223 e. The van der Waals surface area contributed by atoms with Crippen molar-refractivity contribution in [1.82, 2.24) is 9.78 Å². The molecule has 3 rings (SSSR count). The Morgan fingerprint density at radius 2 is 2.33 bits per heavy atom. The van der Waals surface area contributed by atoms with E-state index in [1.54, 1.807) is 6.92 Å². The highest BCUT2D eigenvalue weighted by Crippen LogP contribution is 2.43. The molecule has 1 saturated carbocycles. The van der Waals surface area contributed by atoms with Crippen molar-refractivity contribution >= 4 is 5.78 Å². The van der Waals surface area contributed by atoms with E-state index in [4.69, 9.17) is 4.74 Å². The van der Waals surface area contributed by atoms with Gasteiger partial charge in [-0.25, -0.2) is 4.68 Å². The number of rotatable bonds is 2. The summed E-state index contributed by atoms with van der Waals surface area (Å²) in [6.07, 6.45) is 3.31. The molecule has 0 saturated heterocycles. The van der Waals surface area contributed by atoms with Gasteiger partial charge in [0, 0.05) is 18.9 Å². The Morgan fingerprint density at radius 3 is 3.00 bits per heavy atom. The molecule has 2 aliphatic rings. The van der Waals surface area contributed by atoms with Crippen molar-refractivity contribution in [3.8, 4) is 5.88 Å². The lowest BCUT2D eigenvalue weighted by Crippen LogP contribution is -2.15. The van der Waals surface area contributed by atoms with Crippen LogP contribution in [0.4, 0.5) is 0 Å². The summed E-state index contributed by atoms with van der Waals surface area (Å²) in [5.74, 6) is 1.29. The fourth-order valence-electron chi connectivity index (χ4n) is 2.12. The topological polar surface area (TPSA) is 44.1 Å². The molecule has 80 valence electrons. The predicted octanol–water partition coefficient (Wildman–Crippen LogP) is 1.75. The number of Topliss-reactive ketones (excluding diaryl/α,β-unsaturated/α-hetero) is 1. The van der Waals surface area contributed by atoms with Crippen molar-refractivity contribution in [2.75, 3.05) is 6.61 Å². The Balaban J connectivity index is 2.13. The summed E-state index contributed by atoms with van der Waals surface area (Å²) in [5.41, 5.74) is 1.71. The summed E-state index contributed by atoms with van der Waals surface area (Å²) in [6.45, 7) is 3.18. The van der Waals surface area contributed by atoms with Gasteiger partial charge in [-0.05, 0) is 19.8 Å². The second kappa shape index (κ2) is 3.08. The number of aromatic nitrogens is 2. The zero-order valence-electron chi connectivity index (χ0n) is 8.82. The third-order valence-corrected chi connectivity index (χ3v) is 3.00. The van der Waals surface area contributed by atoms with E-state index in [1.807, 2.05) is 4.68 Å². The van der Waals surface area contributed by atoms with Crippen molar-refractivity contribution in [2.45, 2.75) is 38.6 Å². The molecule has 1 fully saturated rings. The summed E-state index contributed by atoms with van der Waals surface area (Å²) in [5, 5.41) is 4.50. The normalized spacial score (nSPS) is 19.5. The zero-order chi connectivity index (χ0) is 10.4. The van der Waals surface area contributed by atoms with Gasteiger partial charge in [0.05, 0.1) is 12.3 Å². The van der Waals surface area contributed by atoms with Gasteiger partial charge in [0.15, 0.2) is 5.78 Å². The molecule has 15 heavy (non-hydrogen) atoms. The number of ketones is 1. The molecule has 0 atom stereocenters. The maximum absolute atomic E-state index is 11.6. The molecule has 0 N–H and O–H groups in total. The van der Waals surface area contributed by atoms with E-state index < -0.39 is 0 Å². The van der Waals surface area contributed by atoms with Crippen LogP contribution in [-0.2, 0) is 6.54 Å². The van der Waals surface area contributed by atoms with Crippen molar-refractivity contribution < 1.29 is 9.53 Å². The first-order chi connectivity index (χ1) is 7.27. The van der Waals surface area contributed by atoms with Crippen LogP contribution in [0.3, 0.4) is 0 Å². The van der Waals surface area contributed by atoms with E-state index in [0.29, 0.717) is 18.4 Å². The van der Waals surface area contributed by atoms with Crippen LogP contribution >= 0.6 is 0 Å². The molecule has 1 aromatic rings. The number of carbonyl (C=O) groups excluding carboxylic acids is 1. The van der Waals surface area contributed by atoms with E-state index in [0.717, 1.165) is 37.1 Å². The molecule has 4 heteroatoms. The van der Waals surface area contributed by atoms with Crippen molar-refractivity contribution in [1.29, 1.82) is 0 Å². The summed E-state index contributed by atoms with van der Waals surface area (Å²) in [7, 11) is 0. The highest BCUT2D eigenvalue weighted by Gasteiger charge is 2.34. The van der Waals surface area contributed by atoms with Crippen LogP contribution < -0.4 is 4.74 Å². The van der Waals surface area contributed by atoms with Gasteiger partial charge in [0.2, 0.25) is 5.88 Å². The summed E-state index contributed by atoms with van der Waals surface area (Å²) >= 11 is 0. The molecule has 4 nitrogen and oxygen atoms in total. The minimum absolute atomic E-state index is 0.0834. The Bertz CT molecular complexity index is 418. The third kappa shape index (κ3) is 1.35. The average molecular weight is 206 g/mol. The zero-order valence-corrected chi connectivity index (χ0v) is 8.82. The SMILES string of the molecule is CC(=O)c1c(C2CC2)nn2c1OCCC2. The van der Waals surface area contributed by atoms with Gasteiger partial charge < -0.3 is 4.74 Å².